The lowest BCUT2D eigenvalue weighted by atomic mass is 10.1. The van der Waals surface area contributed by atoms with Crippen LogP contribution >= 0.6 is 0 Å². The highest BCUT2D eigenvalue weighted by molar-refractivity contribution is 5.94. The molecule has 2 aliphatic carbocycles. The van der Waals surface area contributed by atoms with Gasteiger partial charge in [-0.1, -0.05) is 0 Å². The lowest BCUT2D eigenvalue weighted by Crippen LogP contribution is -2.36. The molecule has 2 aliphatic rings. The third-order valence-corrected chi connectivity index (χ3v) is 8.30. The largest absolute Gasteiger partial charge is 0.396 e. The zero-order valence-electron chi connectivity index (χ0n) is 26.3. The molecule has 0 aliphatic heterocycles. The van der Waals surface area contributed by atoms with Crippen LogP contribution in [0.15, 0.2) is 36.8 Å². The first-order valence-corrected chi connectivity index (χ1v) is 15.4. The Balaban J connectivity index is 1.23. The SMILES string of the molecule is Cc1ccnc([C@H]2CC2C(=O)Nc2cc(N[C@H](C)c3cn4cc(C5CC5)cc(N(C=O)CC(=O)N(C)C)c4n3)nc(CCO)n2)n1. The summed E-state index contributed by atoms with van der Waals surface area (Å²) < 4.78 is 1.90. The fourth-order valence-corrected chi connectivity index (χ4v) is 5.43. The van der Waals surface area contributed by atoms with E-state index in [0.717, 1.165) is 24.1 Å². The number of nitrogens with one attached hydrogen (secondary N) is 2. The van der Waals surface area contributed by atoms with Crippen LogP contribution in [0.2, 0.25) is 0 Å². The zero-order valence-corrected chi connectivity index (χ0v) is 26.3. The van der Waals surface area contributed by atoms with Crippen molar-refractivity contribution >= 4 is 41.2 Å². The molecule has 0 aromatic carbocycles. The van der Waals surface area contributed by atoms with E-state index < -0.39 is 0 Å². The van der Waals surface area contributed by atoms with Crippen LogP contribution in [0.1, 0.15) is 72.7 Å². The lowest BCUT2D eigenvalue weighted by Gasteiger charge is -2.20. The highest BCUT2D eigenvalue weighted by atomic mass is 16.3. The van der Waals surface area contributed by atoms with Crippen LogP contribution in [0.3, 0.4) is 0 Å². The van der Waals surface area contributed by atoms with Gasteiger partial charge in [0.25, 0.3) is 0 Å². The molecule has 14 heteroatoms. The Morgan fingerprint density at radius 3 is 2.61 bits per heavy atom. The van der Waals surface area contributed by atoms with E-state index in [4.69, 9.17) is 4.98 Å². The highest BCUT2D eigenvalue weighted by Crippen LogP contribution is 2.46. The van der Waals surface area contributed by atoms with Crippen molar-refractivity contribution in [2.45, 2.75) is 57.4 Å². The molecule has 0 saturated heterocycles. The topological polar surface area (TPSA) is 171 Å². The van der Waals surface area contributed by atoms with Gasteiger partial charge in [0.15, 0.2) is 5.65 Å². The van der Waals surface area contributed by atoms with E-state index in [0.29, 0.717) is 59.1 Å². The summed E-state index contributed by atoms with van der Waals surface area (Å²) in [5.74, 6) is 1.59. The van der Waals surface area contributed by atoms with Crippen LogP contribution in [-0.2, 0) is 20.8 Å². The number of aromatic nitrogens is 6. The number of rotatable bonds is 13. The predicted molar refractivity (Wildman–Crippen MR) is 170 cm³/mol. The van der Waals surface area contributed by atoms with Gasteiger partial charge in [0.05, 0.1) is 24.0 Å². The molecule has 240 valence electrons. The van der Waals surface area contributed by atoms with Crippen LogP contribution in [-0.4, -0.2) is 84.8 Å². The summed E-state index contributed by atoms with van der Waals surface area (Å²) in [4.78, 5) is 63.3. The number of fused-ring (bicyclic) bond motifs is 1. The van der Waals surface area contributed by atoms with Gasteiger partial charge < -0.3 is 29.9 Å². The molecule has 6 rings (SSSR count). The van der Waals surface area contributed by atoms with Crippen molar-refractivity contribution in [3.63, 3.8) is 0 Å². The summed E-state index contributed by atoms with van der Waals surface area (Å²) in [5, 5.41) is 15.8. The first kappa shape index (κ1) is 31.0. The third-order valence-electron chi connectivity index (χ3n) is 8.30. The minimum atomic E-state index is -0.336. The molecule has 0 radical (unpaired) electrons. The molecule has 4 aromatic heterocycles. The van der Waals surface area contributed by atoms with Gasteiger partial charge in [-0.2, -0.15) is 0 Å². The molecule has 3 atom stereocenters. The second kappa shape index (κ2) is 12.8. The molecule has 2 saturated carbocycles. The summed E-state index contributed by atoms with van der Waals surface area (Å²) in [7, 11) is 3.31. The van der Waals surface area contributed by atoms with Gasteiger partial charge >= 0.3 is 0 Å². The van der Waals surface area contributed by atoms with Crippen LogP contribution in [0.25, 0.3) is 5.65 Å². The summed E-state index contributed by atoms with van der Waals surface area (Å²) in [6.07, 6.45) is 9.33. The van der Waals surface area contributed by atoms with Crippen molar-refractivity contribution < 1.29 is 19.5 Å². The van der Waals surface area contributed by atoms with Crippen LogP contribution in [0, 0.1) is 12.8 Å². The number of aliphatic hydroxyl groups excluding tert-OH is 1. The number of aryl methyl sites for hydroxylation is 1. The van der Waals surface area contributed by atoms with Gasteiger partial charge in [-0.05, 0) is 56.7 Å². The number of likely N-dealkylation sites (N-methyl/N-ethyl adjacent to an activating group) is 1. The van der Waals surface area contributed by atoms with Crippen molar-refractivity contribution in [2.24, 2.45) is 5.92 Å². The number of imidazole rings is 1. The molecular formula is C32H38N10O4. The zero-order chi connectivity index (χ0) is 32.5. The number of amides is 3. The molecular weight excluding hydrogens is 588 g/mol. The fourth-order valence-electron chi connectivity index (χ4n) is 5.43. The smallest absolute Gasteiger partial charge is 0.242 e. The summed E-state index contributed by atoms with van der Waals surface area (Å²) in [6.45, 7) is 3.58. The molecule has 4 heterocycles. The Bertz CT molecular complexity index is 1790. The van der Waals surface area contributed by atoms with Gasteiger partial charge in [-0.3, -0.25) is 14.4 Å². The Morgan fingerprint density at radius 1 is 1.13 bits per heavy atom. The van der Waals surface area contributed by atoms with E-state index >= 15 is 0 Å². The standard InChI is InChI=1S/C32H38N10O4/c1-18-7-9-33-30(34-18)22-12-23(22)32(46)39-28-13-27(37-26(38-28)8-10-43)35-19(2)24-15-41-14-21(20-5-6-20)11-25(31(41)36-24)42(17-44)16-29(45)40(3)4/h7,9,11,13-15,17,19-20,22-23,43H,5-6,8,10,12,16H2,1-4H3,(H2,35,37,38,39,46)/t19-,22+,23?/m1/s1. The summed E-state index contributed by atoms with van der Waals surface area (Å²) >= 11 is 0. The highest BCUT2D eigenvalue weighted by Gasteiger charge is 2.46. The van der Waals surface area contributed by atoms with E-state index in [2.05, 4.69) is 30.6 Å². The molecule has 3 N–H and O–H groups in total. The number of anilines is 3. The lowest BCUT2D eigenvalue weighted by molar-refractivity contribution is -0.128. The van der Waals surface area contributed by atoms with E-state index in [1.54, 1.807) is 26.4 Å². The van der Waals surface area contributed by atoms with Gasteiger partial charge in [-0.25, -0.2) is 24.9 Å². The number of pyridine rings is 1. The number of carbonyl (C=O) groups is 3. The molecule has 3 amide bonds. The Hall–Kier alpha value is -4.98. The summed E-state index contributed by atoms with van der Waals surface area (Å²) in [5.41, 5.74) is 3.76. The average Bonchev–Trinajstić information content (AvgIpc) is 3.96. The van der Waals surface area contributed by atoms with Gasteiger partial charge in [0.2, 0.25) is 18.2 Å². The minimum absolute atomic E-state index is 0.0345. The van der Waals surface area contributed by atoms with Crippen molar-refractivity contribution in [2.75, 3.05) is 42.8 Å². The third kappa shape index (κ3) is 6.81. The van der Waals surface area contributed by atoms with Crippen LogP contribution in [0.4, 0.5) is 17.3 Å². The second-order valence-corrected chi connectivity index (χ2v) is 12.2. The van der Waals surface area contributed by atoms with Crippen molar-refractivity contribution in [3.8, 4) is 0 Å². The number of hydrogen-bond acceptors (Lipinski definition) is 10. The van der Waals surface area contributed by atoms with Gasteiger partial charge in [0, 0.05) is 62.7 Å². The Kier molecular flexibility index (Phi) is 8.63. The maximum absolute atomic E-state index is 13.1. The number of nitrogens with zero attached hydrogens (tertiary/aromatic N) is 8. The minimum Gasteiger partial charge on any atom is -0.396 e. The monoisotopic (exact) mass is 626 g/mol. The van der Waals surface area contributed by atoms with E-state index in [1.165, 1.54) is 9.80 Å². The van der Waals surface area contributed by atoms with Crippen molar-refractivity contribution in [1.82, 2.24) is 34.2 Å². The van der Waals surface area contributed by atoms with Crippen molar-refractivity contribution in [1.29, 1.82) is 0 Å². The maximum atomic E-state index is 13.1. The normalized spacial score (nSPS) is 17.8. The van der Waals surface area contributed by atoms with Crippen molar-refractivity contribution in [3.05, 3.63) is 65.4 Å². The second-order valence-electron chi connectivity index (χ2n) is 12.2. The molecule has 0 spiro atoms. The van der Waals surface area contributed by atoms with Crippen LogP contribution in [0.5, 0.6) is 0 Å². The van der Waals surface area contributed by atoms with Gasteiger partial charge in [0.1, 0.15) is 29.8 Å². The maximum Gasteiger partial charge on any atom is 0.242 e. The van der Waals surface area contributed by atoms with Gasteiger partial charge in [-0.15, -0.1) is 0 Å². The molecule has 4 aromatic rings. The summed E-state index contributed by atoms with van der Waals surface area (Å²) in [6, 6.07) is 5.10. The average molecular weight is 627 g/mol. The Labute approximate surface area is 266 Å². The molecule has 14 nitrogen and oxygen atoms in total. The predicted octanol–water partition coefficient (Wildman–Crippen LogP) is 2.60. The number of carbonyl (C=O) groups excluding carboxylic acids is 3. The first-order valence-electron chi connectivity index (χ1n) is 15.4. The van der Waals surface area contributed by atoms with E-state index in [1.807, 2.05) is 42.8 Å². The Morgan fingerprint density at radius 2 is 1.91 bits per heavy atom. The van der Waals surface area contributed by atoms with E-state index in [-0.39, 0.29) is 49.3 Å². The van der Waals surface area contributed by atoms with E-state index in [9.17, 15) is 19.5 Å². The number of hydrogen-bond donors (Lipinski definition) is 3. The molecule has 2 fully saturated rings. The quantitative estimate of drug-likeness (QED) is 0.187. The molecule has 46 heavy (non-hydrogen) atoms. The first-order chi connectivity index (χ1) is 22.1. The molecule has 1 unspecified atom stereocenters. The fraction of sp³-hybridized carbons (Fsp3) is 0.438. The molecule has 0 bridgehead atoms. The number of aliphatic hydroxyl groups is 1. The van der Waals surface area contributed by atoms with Crippen LogP contribution < -0.4 is 15.5 Å².